The van der Waals surface area contributed by atoms with Gasteiger partial charge in [-0.15, -0.1) is 0 Å². The van der Waals surface area contributed by atoms with E-state index >= 15 is 0 Å². The number of aromatic nitrogens is 1. The number of rotatable bonds is 5. The lowest BCUT2D eigenvalue weighted by molar-refractivity contribution is 0.398. The molecule has 0 amide bonds. The van der Waals surface area contributed by atoms with E-state index in [1.807, 2.05) is 33.2 Å². The predicted molar refractivity (Wildman–Crippen MR) is 62.6 cm³/mol. The van der Waals surface area contributed by atoms with Gasteiger partial charge < -0.3 is 15.0 Å². The summed E-state index contributed by atoms with van der Waals surface area (Å²) in [5, 5.41) is 3.29. The largest absolute Gasteiger partial charge is 0.481 e. The molecular weight excluding hydrogens is 190 g/mol. The summed E-state index contributed by atoms with van der Waals surface area (Å²) in [6.07, 6.45) is 0. The molecule has 1 aromatic heterocycles. The Morgan fingerprint density at radius 1 is 1.40 bits per heavy atom. The van der Waals surface area contributed by atoms with E-state index in [1.54, 1.807) is 7.11 Å². The minimum Gasteiger partial charge on any atom is -0.481 e. The Balaban J connectivity index is 2.59. The molecule has 1 rings (SSSR count). The molecule has 1 aromatic rings. The third-order valence-electron chi connectivity index (χ3n) is 2.13. The maximum Gasteiger partial charge on any atom is 0.214 e. The Morgan fingerprint density at radius 3 is 2.73 bits per heavy atom. The third-order valence-corrected chi connectivity index (χ3v) is 2.13. The van der Waals surface area contributed by atoms with Crippen molar-refractivity contribution >= 4 is 5.82 Å². The number of ether oxygens (including phenoxy) is 1. The number of pyridine rings is 1. The third kappa shape index (κ3) is 3.75. The lowest BCUT2D eigenvalue weighted by Crippen LogP contribution is -2.21. The van der Waals surface area contributed by atoms with Crippen molar-refractivity contribution in [1.82, 2.24) is 9.88 Å². The van der Waals surface area contributed by atoms with Crippen LogP contribution in [0.4, 0.5) is 5.82 Å². The van der Waals surface area contributed by atoms with Gasteiger partial charge in [0.05, 0.1) is 7.11 Å². The Bertz CT molecular complexity index is 313. The molecule has 0 fully saturated rings. The summed E-state index contributed by atoms with van der Waals surface area (Å²) in [7, 11) is 5.72. The number of nitrogens with zero attached hydrogens (tertiary/aromatic N) is 2. The first kappa shape index (κ1) is 11.8. The molecule has 1 N–H and O–H groups in total. The van der Waals surface area contributed by atoms with Gasteiger partial charge in [0.2, 0.25) is 5.88 Å². The molecule has 0 aromatic carbocycles. The first-order valence-corrected chi connectivity index (χ1v) is 5.03. The van der Waals surface area contributed by atoms with Gasteiger partial charge in [0.25, 0.3) is 0 Å². The molecule has 84 valence electrons. The van der Waals surface area contributed by atoms with Gasteiger partial charge in [-0.25, -0.2) is 0 Å². The van der Waals surface area contributed by atoms with Gasteiger partial charge in [-0.2, -0.15) is 4.98 Å². The summed E-state index contributed by atoms with van der Waals surface area (Å²) < 4.78 is 5.08. The molecule has 0 radical (unpaired) electrons. The van der Waals surface area contributed by atoms with E-state index in [0.29, 0.717) is 5.88 Å². The molecule has 0 saturated heterocycles. The molecule has 1 heterocycles. The van der Waals surface area contributed by atoms with Crippen LogP contribution in [0.5, 0.6) is 5.88 Å². The SMILES string of the molecule is COc1ccc(C)c(NCCN(C)C)n1. The second-order valence-electron chi connectivity index (χ2n) is 3.75. The van der Waals surface area contributed by atoms with Crippen LogP contribution in [0.25, 0.3) is 0 Å². The average Bonchev–Trinajstić information content (AvgIpc) is 2.20. The van der Waals surface area contributed by atoms with E-state index in [1.165, 1.54) is 0 Å². The smallest absolute Gasteiger partial charge is 0.214 e. The van der Waals surface area contributed by atoms with Crippen LogP contribution < -0.4 is 10.1 Å². The lowest BCUT2D eigenvalue weighted by Gasteiger charge is -2.12. The number of likely N-dealkylation sites (N-methyl/N-ethyl adjacent to an activating group) is 1. The van der Waals surface area contributed by atoms with Crippen molar-refractivity contribution in [1.29, 1.82) is 0 Å². The second-order valence-corrected chi connectivity index (χ2v) is 3.75. The molecule has 0 bridgehead atoms. The quantitative estimate of drug-likeness (QED) is 0.795. The molecule has 0 aliphatic heterocycles. The maximum absolute atomic E-state index is 5.08. The fourth-order valence-electron chi connectivity index (χ4n) is 1.20. The van der Waals surface area contributed by atoms with Crippen LogP contribution in [0.2, 0.25) is 0 Å². The monoisotopic (exact) mass is 209 g/mol. The van der Waals surface area contributed by atoms with Crippen LogP contribution in [0.3, 0.4) is 0 Å². The minimum atomic E-state index is 0.646. The van der Waals surface area contributed by atoms with Crippen LogP contribution >= 0.6 is 0 Å². The van der Waals surface area contributed by atoms with Gasteiger partial charge in [0, 0.05) is 19.2 Å². The number of anilines is 1. The second kappa shape index (κ2) is 5.56. The van der Waals surface area contributed by atoms with E-state index in [-0.39, 0.29) is 0 Å². The summed E-state index contributed by atoms with van der Waals surface area (Å²) >= 11 is 0. The normalized spacial score (nSPS) is 10.5. The molecule has 4 heteroatoms. The van der Waals surface area contributed by atoms with E-state index in [0.717, 1.165) is 24.5 Å². The zero-order chi connectivity index (χ0) is 11.3. The van der Waals surface area contributed by atoms with Gasteiger partial charge in [0.1, 0.15) is 5.82 Å². The first-order chi connectivity index (χ1) is 7.13. The zero-order valence-corrected chi connectivity index (χ0v) is 9.87. The summed E-state index contributed by atoms with van der Waals surface area (Å²) in [5.41, 5.74) is 1.13. The van der Waals surface area contributed by atoms with Crippen molar-refractivity contribution in [3.8, 4) is 5.88 Å². The topological polar surface area (TPSA) is 37.4 Å². The summed E-state index contributed by atoms with van der Waals surface area (Å²) in [6.45, 7) is 3.90. The maximum atomic E-state index is 5.08. The number of methoxy groups -OCH3 is 1. The van der Waals surface area contributed by atoms with Gasteiger partial charge in [0.15, 0.2) is 0 Å². The summed E-state index contributed by atoms with van der Waals surface area (Å²) in [5.74, 6) is 1.55. The van der Waals surface area contributed by atoms with Crippen LogP contribution in [-0.4, -0.2) is 44.2 Å². The van der Waals surface area contributed by atoms with Crippen LogP contribution in [0, 0.1) is 6.92 Å². The summed E-state index contributed by atoms with van der Waals surface area (Å²) in [6, 6.07) is 3.87. The molecule has 0 spiro atoms. The highest BCUT2D eigenvalue weighted by Crippen LogP contribution is 2.15. The standard InChI is InChI=1S/C11H19N3O/c1-9-5-6-10(15-4)13-11(9)12-7-8-14(2)3/h5-6H,7-8H2,1-4H3,(H,12,13). The van der Waals surface area contributed by atoms with Crippen LogP contribution in [0.15, 0.2) is 12.1 Å². The Kier molecular flexibility index (Phi) is 4.37. The van der Waals surface area contributed by atoms with Crippen molar-refractivity contribution in [2.24, 2.45) is 0 Å². The highest BCUT2D eigenvalue weighted by Gasteiger charge is 2.01. The summed E-state index contributed by atoms with van der Waals surface area (Å²) in [4.78, 5) is 6.46. The van der Waals surface area contributed by atoms with Crippen LogP contribution in [0.1, 0.15) is 5.56 Å². The van der Waals surface area contributed by atoms with Gasteiger partial charge in [-0.05, 0) is 26.6 Å². The van der Waals surface area contributed by atoms with Crippen molar-refractivity contribution in [2.45, 2.75) is 6.92 Å². The Labute approximate surface area is 91.3 Å². The van der Waals surface area contributed by atoms with Crippen molar-refractivity contribution in [3.05, 3.63) is 17.7 Å². The molecule has 15 heavy (non-hydrogen) atoms. The van der Waals surface area contributed by atoms with Gasteiger partial charge >= 0.3 is 0 Å². The zero-order valence-electron chi connectivity index (χ0n) is 9.87. The number of hydrogen-bond donors (Lipinski definition) is 1. The first-order valence-electron chi connectivity index (χ1n) is 5.03. The van der Waals surface area contributed by atoms with E-state index in [4.69, 9.17) is 4.74 Å². The highest BCUT2D eigenvalue weighted by atomic mass is 16.5. The van der Waals surface area contributed by atoms with Gasteiger partial charge in [-0.1, -0.05) is 6.07 Å². The highest BCUT2D eigenvalue weighted by molar-refractivity contribution is 5.45. The van der Waals surface area contributed by atoms with E-state index < -0.39 is 0 Å². The number of nitrogens with one attached hydrogen (secondary N) is 1. The van der Waals surface area contributed by atoms with E-state index in [2.05, 4.69) is 15.2 Å². The predicted octanol–water partition coefficient (Wildman–Crippen LogP) is 1.37. The number of hydrogen-bond acceptors (Lipinski definition) is 4. The molecule has 4 nitrogen and oxygen atoms in total. The Morgan fingerprint density at radius 2 is 2.13 bits per heavy atom. The molecule has 0 atom stereocenters. The van der Waals surface area contributed by atoms with Gasteiger partial charge in [-0.3, -0.25) is 0 Å². The van der Waals surface area contributed by atoms with Crippen molar-refractivity contribution in [2.75, 3.05) is 39.6 Å². The molecule has 0 aliphatic carbocycles. The lowest BCUT2D eigenvalue weighted by atomic mass is 10.3. The molecule has 0 unspecified atom stereocenters. The average molecular weight is 209 g/mol. The van der Waals surface area contributed by atoms with Crippen molar-refractivity contribution in [3.63, 3.8) is 0 Å². The molecular formula is C11H19N3O. The minimum absolute atomic E-state index is 0.646. The van der Waals surface area contributed by atoms with Crippen LogP contribution in [-0.2, 0) is 0 Å². The molecule has 0 aliphatic rings. The Hall–Kier alpha value is -1.29. The number of aryl methyl sites for hydroxylation is 1. The fraction of sp³-hybridized carbons (Fsp3) is 0.545. The molecule has 0 saturated carbocycles. The van der Waals surface area contributed by atoms with Crippen molar-refractivity contribution < 1.29 is 4.74 Å². The fourth-order valence-corrected chi connectivity index (χ4v) is 1.20. The van der Waals surface area contributed by atoms with E-state index in [9.17, 15) is 0 Å².